The second-order valence-corrected chi connectivity index (χ2v) is 9.22. The van der Waals surface area contributed by atoms with E-state index in [-0.39, 0.29) is 17.5 Å². The zero-order valence-electron chi connectivity index (χ0n) is 16.2. The number of piperidine rings is 1. The van der Waals surface area contributed by atoms with Crippen molar-refractivity contribution in [2.75, 3.05) is 37.6 Å². The Morgan fingerprint density at radius 1 is 1.11 bits per heavy atom. The summed E-state index contributed by atoms with van der Waals surface area (Å²) in [5.41, 5.74) is 1.93. The fourth-order valence-corrected chi connectivity index (χ4v) is 5.77. The maximum absolute atomic E-state index is 12.7. The molecule has 6 heteroatoms. The molecule has 3 aliphatic heterocycles. The molecule has 4 heterocycles. The van der Waals surface area contributed by atoms with Crippen molar-refractivity contribution in [1.82, 2.24) is 9.88 Å². The largest absolute Gasteiger partial charge is 0.461 e. The van der Waals surface area contributed by atoms with Crippen molar-refractivity contribution in [2.24, 2.45) is 5.41 Å². The standard InChI is InChI=1S/C22H27N3O2S/c26-20-22(14-18(27-20)15-24-10-4-5-11-24)8-12-25(13-9-22)21-23-19(16-28-21)17-6-2-1-3-7-17/h1-3,6-7,16,18H,4-5,8-15H2. The van der Waals surface area contributed by atoms with E-state index in [0.717, 1.165) is 68.4 Å². The monoisotopic (exact) mass is 397 g/mol. The van der Waals surface area contributed by atoms with Gasteiger partial charge in [0.25, 0.3) is 0 Å². The Morgan fingerprint density at radius 3 is 2.61 bits per heavy atom. The molecule has 148 valence electrons. The van der Waals surface area contributed by atoms with Crippen molar-refractivity contribution in [3.63, 3.8) is 0 Å². The van der Waals surface area contributed by atoms with E-state index in [1.807, 2.05) is 18.2 Å². The van der Waals surface area contributed by atoms with Gasteiger partial charge in [-0.2, -0.15) is 0 Å². The summed E-state index contributed by atoms with van der Waals surface area (Å²) in [5.74, 6) is 0.0421. The van der Waals surface area contributed by atoms with Gasteiger partial charge in [0.1, 0.15) is 6.10 Å². The molecule has 1 aromatic carbocycles. The number of likely N-dealkylation sites (tertiary alicyclic amines) is 1. The highest BCUT2D eigenvalue weighted by atomic mass is 32.1. The third-order valence-electron chi connectivity index (χ3n) is 6.54. The molecule has 1 unspecified atom stereocenters. The quantitative estimate of drug-likeness (QED) is 0.734. The van der Waals surface area contributed by atoms with Crippen molar-refractivity contribution < 1.29 is 9.53 Å². The van der Waals surface area contributed by atoms with Crippen LogP contribution in [0.2, 0.25) is 0 Å². The van der Waals surface area contributed by atoms with Crippen LogP contribution >= 0.6 is 11.3 Å². The summed E-state index contributed by atoms with van der Waals surface area (Å²) in [6.45, 7) is 5.00. The van der Waals surface area contributed by atoms with Crippen LogP contribution < -0.4 is 4.90 Å². The molecule has 1 spiro atoms. The number of thiazole rings is 1. The van der Waals surface area contributed by atoms with Gasteiger partial charge in [0.2, 0.25) is 0 Å². The number of benzene rings is 1. The number of hydrogen-bond acceptors (Lipinski definition) is 6. The van der Waals surface area contributed by atoms with Gasteiger partial charge in [-0.15, -0.1) is 11.3 Å². The molecule has 0 saturated carbocycles. The molecule has 3 aliphatic rings. The summed E-state index contributed by atoms with van der Waals surface area (Å²) < 4.78 is 5.81. The van der Waals surface area contributed by atoms with Gasteiger partial charge in [0, 0.05) is 37.0 Å². The normalized spacial score (nSPS) is 24.8. The van der Waals surface area contributed by atoms with Crippen molar-refractivity contribution in [2.45, 2.75) is 38.2 Å². The smallest absolute Gasteiger partial charge is 0.312 e. The van der Waals surface area contributed by atoms with Crippen LogP contribution in [0.4, 0.5) is 5.13 Å². The Kier molecular flexibility index (Phi) is 4.85. The van der Waals surface area contributed by atoms with Gasteiger partial charge in [-0.3, -0.25) is 9.69 Å². The average Bonchev–Trinajstić information content (AvgIpc) is 3.46. The van der Waals surface area contributed by atoms with E-state index in [2.05, 4.69) is 27.3 Å². The Hall–Kier alpha value is -1.92. The van der Waals surface area contributed by atoms with Gasteiger partial charge >= 0.3 is 5.97 Å². The van der Waals surface area contributed by atoms with Crippen molar-refractivity contribution >= 4 is 22.4 Å². The van der Waals surface area contributed by atoms with Gasteiger partial charge in [0.15, 0.2) is 5.13 Å². The second-order valence-electron chi connectivity index (χ2n) is 8.39. The number of carbonyl (C=O) groups excluding carboxylic acids is 1. The zero-order chi connectivity index (χ0) is 19.0. The first kappa shape index (κ1) is 18.1. The summed E-state index contributed by atoms with van der Waals surface area (Å²) in [6.07, 6.45) is 5.29. The van der Waals surface area contributed by atoms with Gasteiger partial charge in [-0.05, 0) is 38.8 Å². The molecule has 5 rings (SSSR count). The fraction of sp³-hybridized carbons (Fsp3) is 0.545. The van der Waals surface area contributed by atoms with Crippen LogP contribution in [-0.4, -0.2) is 54.7 Å². The predicted molar refractivity (Wildman–Crippen MR) is 112 cm³/mol. The number of rotatable bonds is 4. The highest BCUT2D eigenvalue weighted by Gasteiger charge is 2.50. The summed E-state index contributed by atoms with van der Waals surface area (Å²) >= 11 is 1.70. The van der Waals surface area contributed by atoms with Crippen molar-refractivity contribution in [3.8, 4) is 11.3 Å². The molecule has 0 radical (unpaired) electrons. The Morgan fingerprint density at radius 2 is 1.86 bits per heavy atom. The van der Waals surface area contributed by atoms with Crippen LogP contribution in [0.25, 0.3) is 11.3 Å². The summed E-state index contributed by atoms with van der Waals surface area (Å²) in [5, 5.41) is 3.19. The number of cyclic esters (lactones) is 1. The van der Waals surface area contributed by atoms with E-state index in [1.54, 1.807) is 11.3 Å². The molecule has 3 fully saturated rings. The number of anilines is 1. The molecule has 0 N–H and O–H groups in total. The Labute approximate surface area is 170 Å². The predicted octanol–water partition coefficient (Wildman–Crippen LogP) is 3.81. The summed E-state index contributed by atoms with van der Waals surface area (Å²) in [4.78, 5) is 22.3. The molecule has 5 nitrogen and oxygen atoms in total. The summed E-state index contributed by atoms with van der Waals surface area (Å²) in [6, 6.07) is 10.3. The lowest BCUT2D eigenvalue weighted by Crippen LogP contribution is -2.42. The van der Waals surface area contributed by atoms with Gasteiger partial charge in [0.05, 0.1) is 11.1 Å². The third kappa shape index (κ3) is 3.44. The van der Waals surface area contributed by atoms with Gasteiger partial charge in [-0.25, -0.2) is 4.98 Å². The Balaban J connectivity index is 1.21. The molecular weight excluding hydrogens is 370 g/mol. The van der Waals surface area contributed by atoms with E-state index < -0.39 is 0 Å². The zero-order valence-corrected chi connectivity index (χ0v) is 17.0. The topological polar surface area (TPSA) is 45.7 Å². The molecule has 3 saturated heterocycles. The fourth-order valence-electron chi connectivity index (χ4n) is 4.88. The molecule has 0 bridgehead atoms. The van der Waals surface area contributed by atoms with Crippen LogP contribution in [0.5, 0.6) is 0 Å². The van der Waals surface area contributed by atoms with Crippen LogP contribution in [0.3, 0.4) is 0 Å². The average molecular weight is 398 g/mol. The van der Waals surface area contributed by atoms with Crippen molar-refractivity contribution in [3.05, 3.63) is 35.7 Å². The highest BCUT2D eigenvalue weighted by Crippen LogP contribution is 2.44. The minimum Gasteiger partial charge on any atom is -0.461 e. The minimum absolute atomic E-state index is 0.0421. The molecule has 0 amide bonds. The SMILES string of the molecule is O=C1OC(CN2CCCC2)CC12CCN(c1nc(-c3ccccc3)cs1)CC2. The lowest BCUT2D eigenvalue weighted by Gasteiger charge is -2.36. The first-order valence-electron chi connectivity index (χ1n) is 10.4. The summed E-state index contributed by atoms with van der Waals surface area (Å²) in [7, 11) is 0. The molecule has 2 aromatic rings. The van der Waals surface area contributed by atoms with Crippen LogP contribution in [0.15, 0.2) is 35.7 Å². The maximum Gasteiger partial charge on any atom is 0.312 e. The number of nitrogens with zero attached hydrogens (tertiary/aromatic N) is 3. The van der Waals surface area contributed by atoms with Gasteiger partial charge < -0.3 is 9.64 Å². The Bertz CT molecular complexity index is 823. The van der Waals surface area contributed by atoms with Crippen LogP contribution in [-0.2, 0) is 9.53 Å². The maximum atomic E-state index is 12.7. The lowest BCUT2D eigenvalue weighted by atomic mass is 9.76. The number of hydrogen-bond donors (Lipinski definition) is 0. The first-order chi connectivity index (χ1) is 13.7. The molecule has 1 atom stereocenters. The lowest BCUT2D eigenvalue weighted by molar-refractivity contribution is -0.150. The van der Waals surface area contributed by atoms with Crippen LogP contribution in [0, 0.1) is 5.41 Å². The molecule has 1 aromatic heterocycles. The number of ether oxygens (including phenoxy) is 1. The van der Waals surface area contributed by atoms with E-state index >= 15 is 0 Å². The van der Waals surface area contributed by atoms with Crippen LogP contribution in [0.1, 0.15) is 32.1 Å². The third-order valence-corrected chi connectivity index (χ3v) is 7.44. The van der Waals surface area contributed by atoms with Crippen molar-refractivity contribution in [1.29, 1.82) is 0 Å². The molecular formula is C22H27N3O2S. The first-order valence-corrected chi connectivity index (χ1v) is 11.3. The van der Waals surface area contributed by atoms with E-state index in [9.17, 15) is 4.79 Å². The molecule has 28 heavy (non-hydrogen) atoms. The van der Waals surface area contributed by atoms with Gasteiger partial charge in [-0.1, -0.05) is 30.3 Å². The highest BCUT2D eigenvalue weighted by molar-refractivity contribution is 7.14. The second kappa shape index (κ2) is 7.48. The van der Waals surface area contributed by atoms with E-state index in [4.69, 9.17) is 9.72 Å². The number of carbonyl (C=O) groups is 1. The number of esters is 1. The molecule has 0 aliphatic carbocycles. The van der Waals surface area contributed by atoms with E-state index in [0.29, 0.717) is 0 Å². The number of aromatic nitrogens is 1. The van der Waals surface area contributed by atoms with E-state index in [1.165, 1.54) is 12.8 Å². The minimum atomic E-state index is -0.263.